The molecular formula is C23H27N5O5S2. The van der Waals surface area contributed by atoms with Crippen molar-refractivity contribution in [2.24, 2.45) is 0 Å². The first kappa shape index (κ1) is 24.9. The molecule has 1 aliphatic heterocycles. The average molecular weight is 518 g/mol. The molecule has 1 fully saturated rings. The molecule has 0 bridgehead atoms. The van der Waals surface area contributed by atoms with Gasteiger partial charge in [0.1, 0.15) is 5.76 Å². The number of hydrogen-bond donors (Lipinski definition) is 1. The number of nitrogens with zero attached hydrogens (tertiary/aromatic N) is 4. The molecule has 0 spiro atoms. The number of benzene rings is 1. The Hall–Kier alpha value is -3.25. The Kier molecular flexibility index (Phi) is 8.48. The Morgan fingerprint density at radius 3 is 2.63 bits per heavy atom. The Balaban J connectivity index is 1.21. The van der Waals surface area contributed by atoms with Crippen molar-refractivity contribution in [2.45, 2.75) is 17.3 Å². The number of anilines is 1. The Labute approximate surface area is 211 Å². The van der Waals surface area contributed by atoms with Gasteiger partial charge in [-0.05, 0) is 29.8 Å². The van der Waals surface area contributed by atoms with Crippen LogP contribution >= 0.6 is 23.1 Å². The largest absolute Gasteiger partial charge is 0.493 e. The van der Waals surface area contributed by atoms with E-state index in [0.717, 1.165) is 15.0 Å². The second-order valence-electron chi connectivity index (χ2n) is 7.73. The minimum Gasteiger partial charge on any atom is -0.493 e. The molecule has 0 aliphatic carbocycles. The monoisotopic (exact) mass is 517 g/mol. The van der Waals surface area contributed by atoms with E-state index < -0.39 is 0 Å². The highest BCUT2D eigenvalue weighted by molar-refractivity contribution is 8.01. The standard InChI is InChI=1S/C23H27N5O5S2/c1-31-18-6-5-16(12-19(18)32-2)13-21(30)27-7-9-28(10-8-27)22-25-26-23(35-22)34-15-20(29)24-14-17-4-3-11-33-17/h3-6,11-12H,7-10,13-15H2,1-2H3,(H,24,29). The van der Waals surface area contributed by atoms with Crippen molar-refractivity contribution in [3.05, 3.63) is 47.9 Å². The van der Waals surface area contributed by atoms with Crippen molar-refractivity contribution in [3.8, 4) is 11.5 Å². The summed E-state index contributed by atoms with van der Waals surface area (Å²) in [5, 5.41) is 12.1. The van der Waals surface area contributed by atoms with Crippen molar-refractivity contribution in [2.75, 3.05) is 51.1 Å². The van der Waals surface area contributed by atoms with Crippen LogP contribution in [-0.4, -0.2) is 73.1 Å². The lowest BCUT2D eigenvalue weighted by Crippen LogP contribution is -2.49. The number of carbonyl (C=O) groups is 2. The van der Waals surface area contributed by atoms with E-state index in [0.29, 0.717) is 56.4 Å². The predicted octanol–water partition coefficient (Wildman–Crippen LogP) is 2.45. The molecule has 12 heteroatoms. The Bertz CT molecular complexity index is 1130. The lowest BCUT2D eigenvalue weighted by atomic mass is 10.1. The van der Waals surface area contributed by atoms with Crippen molar-refractivity contribution in [1.29, 1.82) is 0 Å². The molecule has 1 aliphatic rings. The molecule has 3 aromatic rings. The number of carbonyl (C=O) groups excluding carboxylic acids is 2. The molecule has 1 N–H and O–H groups in total. The van der Waals surface area contributed by atoms with Crippen molar-refractivity contribution >= 4 is 40.0 Å². The third-order valence-electron chi connectivity index (χ3n) is 5.47. The predicted molar refractivity (Wildman–Crippen MR) is 133 cm³/mol. The molecule has 1 saturated heterocycles. The summed E-state index contributed by atoms with van der Waals surface area (Å²) in [6.45, 7) is 2.96. The summed E-state index contributed by atoms with van der Waals surface area (Å²) in [5.74, 6) is 2.20. The van der Waals surface area contributed by atoms with Gasteiger partial charge in [-0.3, -0.25) is 9.59 Å². The maximum atomic E-state index is 12.8. The van der Waals surface area contributed by atoms with E-state index in [1.54, 1.807) is 26.5 Å². The van der Waals surface area contributed by atoms with Gasteiger partial charge in [-0.25, -0.2) is 0 Å². The number of hydrogen-bond acceptors (Lipinski definition) is 10. The van der Waals surface area contributed by atoms with Gasteiger partial charge in [0, 0.05) is 26.2 Å². The highest BCUT2D eigenvalue weighted by Crippen LogP contribution is 2.29. The Morgan fingerprint density at radius 2 is 1.91 bits per heavy atom. The van der Waals surface area contributed by atoms with Gasteiger partial charge in [-0.15, -0.1) is 10.2 Å². The van der Waals surface area contributed by atoms with Crippen LogP contribution < -0.4 is 19.7 Å². The Morgan fingerprint density at radius 1 is 1.11 bits per heavy atom. The van der Waals surface area contributed by atoms with E-state index >= 15 is 0 Å². The first-order valence-electron chi connectivity index (χ1n) is 11.0. The number of rotatable bonds is 10. The fourth-order valence-electron chi connectivity index (χ4n) is 3.59. The van der Waals surface area contributed by atoms with Crippen LogP contribution in [0, 0.1) is 0 Å². The maximum Gasteiger partial charge on any atom is 0.230 e. The number of piperazine rings is 1. The van der Waals surface area contributed by atoms with Crippen molar-refractivity contribution in [3.63, 3.8) is 0 Å². The zero-order valence-electron chi connectivity index (χ0n) is 19.6. The van der Waals surface area contributed by atoms with Crippen LogP contribution in [0.15, 0.2) is 45.4 Å². The highest BCUT2D eigenvalue weighted by atomic mass is 32.2. The van der Waals surface area contributed by atoms with Crippen LogP contribution in [0.4, 0.5) is 5.13 Å². The van der Waals surface area contributed by atoms with Crippen molar-refractivity contribution < 1.29 is 23.5 Å². The van der Waals surface area contributed by atoms with E-state index in [1.165, 1.54) is 23.1 Å². The number of nitrogens with one attached hydrogen (secondary N) is 1. The first-order chi connectivity index (χ1) is 17.1. The fraction of sp³-hybridized carbons (Fsp3) is 0.391. The van der Waals surface area contributed by atoms with Gasteiger partial charge in [0.05, 0.1) is 39.2 Å². The van der Waals surface area contributed by atoms with Crippen LogP contribution in [0.5, 0.6) is 11.5 Å². The number of aromatic nitrogens is 2. The van der Waals surface area contributed by atoms with E-state index in [4.69, 9.17) is 13.9 Å². The second-order valence-corrected chi connectivity index (χ2v) is 9.91. The molecular weight excluding hydrogens is 490 g/mol. The fourth-order valence-corrected chi connectivity index (χ4v) is 5.31. The number of furan rings is 1. The average Bonchev–Trinajstić information content (AvgIpc) is 3.58. The van der Waals surface area contributed by atoms with Crippen LogP contribution in [0.2, 0.25) is 0 Å². The summed E-state index contributed by atoms with van der Waals surface area (Å²) in [4.78, 5) is 28.8. The molecule has 35 heavy (non-hydrogen) atoms. The van der Waals surface area contributed by atoms with Crippen LogP contribution in [0.3, 0.4) is 0 Å². The third-order valence-corrected chi connectivity index (χ3v) is 7.59. The molecule has 4 rings (SSSR count). The zero-order chi connectivity index (χ0) is 24.6. The minimum atomic E-state index is -0.0928. The van der Waals surface area contributed by atoms with E-state index in [1.807, 2.05) is 29.2 Å². The summed E-state index contributed by atoms with van der Waals surface area (Å²) >= 11 is 2.81. The van der Waals surface area contributed by atoms with Crippen LogP contribution in [0.25, 0.3) is 0 Å². The summed E-state index contributed by atoms with van der Waals surface area (Å²) < 4.78 is 16.5. The first-order valence-corrected chi connectivity index (χ1v) is 12.8. The lowest BCUT2D eigenvalue weighted by molar-refractivity contribution is -0.130. The number of amides is 2. The maximum absolute atomic E-state index is 12.8. The topological polar surface area (TPSA) is 110 Å². The molecule has 0 unspecified atom stereocenters. The molecule has 0 saturated carbocycles. The number of ether oxygens (including phenoxy) is 2. The van der Waals surface area contributed by atoms with Gasteiger partial charge in [0.25, 0.3) is 0 Å². The smallest absolute Gasteiger partial charge is 0.230 e. The normalized spacial score (nSPS) is 13.5. The van der Waals surface area contributed by atoms with Crippen molar-refractivity contribution in [1.82, 2.24) is 20.4 Å². The molecule has 0 atom stereocenters. The van der Waals surface area contributed by atoms with Gasteiger partial charge in [0.2, 0.25) is 16.9 Å². The summed E-state index contributed by atoms with van der Waals surface area (Å²) in [7, 11) is 3.17. The van der Waals surface area contributed by atoms with E-state index in [9.17, 15) is 9.59 Å². The summed E-state index contributed by atoms with van der Waals surface area (Å²) in [6, 6.07) is 9.13. The van der Waals surface area contributed by atoms with Crippen LogP contribution in [0.1, 0.15) is 11.3 Å². The summed E-state index contributed by atoms with van der Waals surface area (Å²) in [5.41, 5.74) is 0.883. The van der Waals surface area contributed by atoms with Gasteiger partial charge in [-0.1, -0.05) is 29.2 Å². The van der Waals surface area contributed by atoms with Gasteiger partial charge >= 0.3 is 0 Å². The molecule has 186 valence electrons. The second kappa shape index (κ2) is 11.9. The zero-order valence-corrected chi connectivity index (χ0v) is 21.2. The molecule has 1 aromatic carbocycles. The van der Waals surface area contributed by atoms with E-state index in [-0.39, 0.29) is 17.6 Å². The SMILES string of the molecule is COc1ccc(CC(=O)N2CCN(c3nnc(SCC(=O)NCc4ccco4)s3)CC2)cc1OC. The molecule has 2 aromatic heterocycles. The van der Waals surface area contributed by atoms with Gasteiger partial charge in [-0.2, -0.15) is 0 Å². The summed E-state index contributed by atoms with van der Waals surface area (Å²) in [6.07, 6.45) is 1.88. The highest BCUT2D eigenvalue weighted by Gasteiger charge is 2.24. The minimum absolute atomic E-state index is 0.0749. The number of thioether (sulfide) groups is 1. The van der Waals surface area contributed by atoms with E-state index in [2.05, 4.69) is 20.4 Å². The number of methoxy groups -OCH3 is 2. The molecule has 3 heterocycles. The van der Waals surface area contributed by atoms with Gasteiger partial charge in [0.15, 0.2) is 15.8 Å². The molecule has 10 nitrogen and oxygen atoms in total. The third kappa shape index (κ3) is 6.67. The quantitative estimate of drug-likeness (QED) is 0.406. The molecule has 2 amide bonds. The van der Waals surface area contributed by atoms with Crippen LogP contribution in [-0.2, 0) is 22.6 Å². The van der Waals surface area contributed by atoms with Gasteiger partial charge < -0.3 is 29.0 Å². The molecule has 0 radical (unpaired) electrons. The lowest BCUT2D eigenvalue weighted by Gasteiger charge is -2.34.